The lowest BCUT2D eigenvalue weighted by molar-refractivity contribution is 0.0966. The maximum atomic E-state index is 13.5. The topological polar surface area (TPSA) is 54.0 Å². The van der Waals surface area contributed by atoms with Crippen molar-refractivity contribution in [2.75, 3.05) is 5.43 Å². The van der Waals surface area contributed by atoms with E-state index in [1.165, 1.54) is 17.4 Å². The van der Waals surface area contributed by atoms with Gasteiger partial charge in [0.2, 0.25) is 5.13 Å². The number of carbonyl (C=O) groups excluding carboxylic acids is 1. The van der Waals surface area contributed by atoms with E-state index in [4.69, 9.17) is 0 Å². The summed E-state index contributed by atoms with van der Waals surface area (Å²) in [5.74, 6) is -1.70. The van der Waals surface area contributed by atoms with Crippen molar-refractivity contribution in [3.05, 3.63) is 46.2 Å². The van der Waals surface area contributed by atoms with Gasteiger partial charge >= 0.3 is 0 Å². The molecule has 0 atom stereocenters. The molecule has 0 aliphatic carbocycles. The lowest BCUT2D eigenvalue weighted by Gasteiger charge is -2.02. The number of carbonyl (C=O) groups is 1. The van der Waals surface area contributed by atoms with Crippen molar-refractivity contribution in [1.82, 2.24) is 10.4 Å². The second kappa shape index (κ2) is 5.14. The Balaban J connectivity index is 1.78. The number of thiophene rings is 1. The standard InChI is InChI=1S/C12H7F2N3OS2/c13-6-4-7(14)10-9(5-6)20-12(15-10)17-16-11(18)8-2-1-3-19-8/h1-5H,(H,15,17)(H,16,18). The van der Waals surface area contributed by atoms with Crippen LogP contribution < -0.4 is 10.9 Å². The number of amides is 1. The second-order valence-corrected chi connectivity index (χ2v) is 5.79. The summed E-state index contributed by atoms with van der Waals surface area (Å²) in [4.78, 5) is 16.2. The minimum Gasteiger partial charge on any atom is -0.273 e. The summed E-state index contributed by atoms with van der Waals surface area (Å²) < 4.78 is 26.9. The molecule has 0 bridgehead atoms. The van der Waals surface area contributed by atoms with E-state index < -0.39 is 11.6 Å². The van der Waals surface area contributed by atoms with Crippen molar-refractivity contribution < 1.29 is 13.6 Å². The van der Waals surface area contributed by atoms with Crippen LogP contribution in [0.3, 0.4) is 0 Å². The predicted octanol–water partition coefficient (Wildman–Crippen LogP) is 3.39. The fourth-order valence-corrected chi connectivity index (χ4v) is 3.07. The van der Waals surface area contributed by atoms with Crippen LogP contribution in [0.25, 0.3) is 10.2 Å². The van der Waals surface area contributed by atoms with Gasteiger partial charge in [-0.1, -0.05) is 17.4 Å². The molecule has 102 valence electrons. The quantitative estimate of drug-likeness (QED) is 0.729. The van der Waals surface area contributed by atoms with E-state index >= 15 is 0 Å². The number of anilines is 1. The number of nitrogens with zero attached hydrogens (tertiary/aromatic N) is 1. The largest absolute Gasteiger partial charge is 0.279 e. The average molecular weight is 311 g/mol. The first kappa shape index (κ1) is 12.9. The van der Waals surface area contributed by atoms with Gasteiger partial charge in [-0.25, -0.2) is 13.8 Å². The zero-order chi connectivity index (χ0) is 14.1. The van der Waals surface area contributed by atoms with Gasteiger partial charge in [0, 0.05) is 6.07 Å². The van der Waals surface area contributed by atoms with Gasteiger partial charge in [0.25, 0.3) is 5.91 Å². The van der Waals surface area contributed by atoms with Gasteiger partial charge in [-0.3, -0.25) is 15.6 Å². The van der Waals surface area contributed by atoms with E-state index in [1.54, 1.807) is 17.5 Å². The molecule has 0 unspecified atom stereocenters. The van der Waals surface area contributed by atoms with Gasteiger partial charge in [-0.15, -0.1) is 11.3 Å². The molecule has 2 N–H and O–H groups in total. The molecule has 0 aliphatic heterocycles. The average Bonchev–Trinajstić information content (AvgIpc) is 3.04. The Labute approximate surface area is 120 Å². The first-order chi connectivity index (χ1) is 9.63. The fourth-order valence-electron chi connectivity index (χ4n) is 1.59. The van der Waals surface area contributed by atoms with Crippen LogP contribution in [0.5, 0.6) is 0 Å². The van der Waals surface area contributed by atoms with Crippen LogP contribution in [-0.4, -0.2) is 10.9 Å². The molecule has 2 aromatic heterocycles. The van der Waals surface area contributed by atoms with Gasteiger partial charge in [0.1, 0.15) is 11.3 Å². The molecule has 0 radical (unpaired) electrons. The number of halogens is 2. The van der Waals surface area contributed by atoms with E-state index in [0.29, 0.717) is 9.58 Å². The summed E-state index contributed by atoms with van der Waals surface area (Å²) >= 11 is 2.35. The Morgan fingerprint density at radius 3 is 2.90 bits per heavy atom. The maximum Gasteiger partial charge on any atom is 0.279 e. The van der Waals surface area contributed by atoms with Crippen LogP contribution in [0.1, 0.15) is 9.67 Å². The van der Waals surface area contributed by atoms with Crippen molar-refractivity contribution in [3.8, 4) is 0 Å². The van der Waals surface area contributed by atoms with Crippen molar-refractivity contribution >= 4 is 43.9 Å². The summed E-state index contributed by atoms with van der Waals surface area (Å²) in [5, 5.41) is 2.07. The molecule has 4 nitrogen and oxygen atoms in total. The molecule has 8 heteroatoms. The number of thiazole rings is 1. The minimum absolute atomic E-state index is 0.0734. The minimum atomic E-state index is -0.728. The van der Waals surface area contributed by atoms with Crippen LogP contribution in [0.4, 0.5) is 13.9 Å². The third-order valence-corrected chi connectivity index (χ3v) is 4.23. The summed E-state index contributed by atoms with van der Waals surface area (Å²) in [7, 11) is 0. The predicted molar refractivity (Wildman–Crippen MR) is 74.9 cm³/mol. The van der Waals surface area contributed by atoms with Crippen LogP contribution in [0, 0.1) is 11.6 Å². The Morgan fingerprint density at radius 1 is 1.30 bits per heavy atom. The van der Waals surface area contributed by atoms with Crippen LogP contribution in [-0.2, 0) is 0 Å². The van der Waals surface area contributed by atoms with Crippen molar-refractivity contribution in [3.63, 3.8) is 0 Å². The van der Waals surface area contributed by atoms with Crippen LogP contribution in [0.2, 0.25) is 0 Å². The second-order valence-electron chi connectivity index (χ2n) is 3.81. The van der Waals surface area contributed by atoms with Crippen LogP contribution >= 0.6 is 22.7 Å². The smallest absolute Gasteiger partial charge is 0.273 e. The van der Waals surface area contributed by atoms with E-state index in [2.05, 4.69) is 15.8 Å². The highest BCUT2D eigenvalue weighted by atomic mass is 32.1. The number of hydrogen-bond acceptors (Lipinski definition) is 5. The highest BCUT2D eigenvalue weighted by Gasteiger charge is 2.11. The van der Waals surface area contributed by atoms with Gasteiger partial charge in [0.15, 0.2) is 5.82 Å². The van der Waals surface area contributed by atoms with E-state index in [-0.39, 0.29) is 16.6 Å². The molecule has 1 aromatic carbocycles. The number of aromatic nitrogens is 1. The van der Waals surface area contributed by atoms with E-state index in [1.807, 2.05) is 0 Å². The van der Waals surface area contributed by atoms with Gasteiger partial charge in [-0.05, 0) is 17.5 Å². The number of nitrogens with one attached hydrogen (secondary N) is 2. The van der Waals surface area contributed by atoms with Crippen molar-refractivity contribution in [2.45, 2.75) is 0 Å². The number of rotatable bonds is 3. The first-order valence-electron chi connectivity index (χ1n) is 5.49. The first-order valence-corrected chi connectivity index (χ1v) is 7.18. The molecule has 3 aromatic rings. The third-order valence-electron chi connectivity index (χ3n) is 2.44. The summed E-state index contributed by atoms with van der Waals surface area (Å²) in [5.41, 5.74) is 5.12. The molecule has 0 saturated heterocycles. The number of hydrogen-bond donors (Lipinski definition) is 2. The number of fused-ring (bicyclic) bond motifs is 1. The molecular weight excluding hydrogens is 304 g/mol. The third kappa shape index (κ3) is 2.47. The van der Waals surface area contributed by atoms with Gasteiger partial charge in [-0.2, -0.15) is 0 Å². The number of hydrazine groups is 1. The van der Waals surface area contributed by atoms with Crippen molar-refractivity contribution in [2.24, 2.45) is 0 Å². The highest BCUT2D eigenvalue weighted by molar-refractivity contribution is 7.22. The summed E-state index contributed by atoms with van der Waals surface area (Å²) in [6.07, 6.45) is 0. The Hall–Kier alpha value is -2.06. The molecule has 1 amide bonds. The molecule has 3 rings (SSSR count). The SMILES string of the molecule is O=C(NNc1nc2c(F)cc(F)cc2s1)c1cccs1. The fraction of sp³-hybridized carbons (Fsp3) is 0. The zero-order valence-electron chi connectivity index (χ0n) is 9.81. The molecular formula is C12H7F2N3OS2. The summed E-state index contributed by atoms with van der Waals surface area (Å²) in [6.45, 7) is 0. The van der Waals surface area contributed by atoms with Crippen LogP contribution in [0.15, 0.2) is 29.6 Å². The Bertz CT molecular complexity index is 770. The molecule has 0 spiro atoms. The summed E-state index contributed by atoms with van der Waals surface area (Å²) in [6, 6.07) is 5.41. The van der Waals surface area contributed by atoms with Crippen molar-refractivity contribution in [1.29, 1.82) is 0 Å². The molecule has 0 aliphatic rings. The molecule has 2 heterocycles. The number of benzene rings is 1. The lowest BCUT2D eigenvalue weighted by Crippen LogP contribution is -2.28. The maximum absolute atomic E-state index is 13.5. The Kier molecular flexibility index (Phi) is 3.33. The normalized spacial score (nSPS) is 10.7. The molecule has 0 saturated carbocycles. The lowest BCUT2D eigenvalue weighted by atomic mass is 10.3. The monoisotopic (exact) mass is 311 g/mol. The van der Waals surface area contributed by atoms with E-state index in [9.17, 15) is 13.6 Å². The zero-order valence-corrected chi connectivity index (χ0v) is 11.4. The highest BCUT2D eigenvalue weighted by Crippen LogP contribution is 2.28. The molecule has 0 fully saturated rings. The Morgan fingerprint density at radius 2 is 2.15 bits per heavy atom. The molecule has 20 heavy (non-hydrogen) atoms. The van der Waals surface area contributed by atoms with Gasteiger partial charge < -0.3 is 0 Å². The van der Waals surface area contributed by atoms with Gasteiger partial charge in [0.05, 0.1) is 9.58 Å². The van der Waals surface area contributed by atoms with E-state index in [0.717, 1.165) is 17.4 Å².